The van der Waals surface area contributed by atoms with Gasteiger partial charge in [-0.2, -0.15) is 0 Å². The van der Waals surface area contributed by atoms with Gasteiger partial charge < -0.3 is 15.5 Å². The first kappa shape index (κ1) is 13.5. The van der Waals surface area contributed by atoms with Gasteiger partial charge in [-0.1, -0.05) is 6.07 Å². The molecule has 5 heteroatoms. The predicted molar refractivity (Wildman–Crippen MR) is 76.9 cm³/mol. The van der Waals surface area contributed by atoms with Crippen molar-refractivity contribution >= 4 is 23.4 Å². The van der Waals surface area contributed by atoms with Crippen LogP contribution in [-0.4, -0.2) is 11.7 Å². The quantitative estimate of drug-likeness (QED) is 0.650. The van der Waals surface area contributed by atoms with E-state index in [9.17, 15) is 4.79 Å². The zero-order valence-electron chi connectivity index (χ0n) is 10.7. The van der Waals surface area contributed by atoms with Gasteiger partial charge in [0, 0.05) is 10.6 Å². The number of nitrogens with two attached hydrogens (primary N) is 1. The number of hydrogen-bond acceptors (Lipinski definition) is 4. The van der Waals surface area contributed by atoms with Gasteiger partial charge >= 0.3 is 0 Å². The van der Waals surface area contributed by atoms with Crippen molar-refractivity contribution in [1.29, 1.82) is 0 Å². The fraction of sp³-hybridized carbons (Fsp3) is 0.214. The summed E-state index contributed by atoms with van der Waals surface area (Å²) in [7, 11) is 0. The second kappa shape index (κ2) is 6.33. The van der Waals surface area contributed by atoms with E-state index >= 15 is 0 Å². The Labute approximate surface area is 116 Å². The maximum absolute atomic E-state index is 11.7. The Kier molecular flexibility index (Phi) is 4.52. The van der Waals surface area contributed by atoms with Crippen LogP contribution in [0, 0.1) is 6.92 Å². The van der Waals surface area contributed by atoms with E-state index in [4.69, 9.17) is 10.2 Å². The fourth-order valence-corrected chi connectivity index (χ4v) is 2.47. The second-order valence-corrected chi connectivity index (χ2v) is 5.19. The fourth-order valence-electron chi connectivity index (χ4n) is 1.57. The lowest BCUT2D eigenvalue weighted by molar-refractivity contribution is -0.118. The van der Waals surface area contributed by atoms with Crippen molar-refractivity contribution < 1.29 is 9.21 Å². The maximum Gasteiger partial charge on any atom is 0.230 e. The second-order valence-electron chi connectivity index (χ2n) is 4.17. The number of aryl methyl sites for hydroxylation is 1. The van der Waals surface area contributed by atoms with Gasteiger partial charge in [0.1, 0.15) is 5.76 Å². The highest BCUT2D eigenvalue weighted by Gasteiger charge is 2.06. The van der Waals surface area contributed by atoms with E-state index in [0.717, 1.165) is 16.2 Å². The van der Waals surface area contributed by atoms with Crippen molar-refractivity contribution in [3.8, 4) is 0 Å². The van der Waals surface area contributed by atoms with Crippen molar-refractivity contribution in [3.05, 3.63) is 47.9 Å². The normalized spacial score (nSPS) is 10.4. The minimum atomic E-state index is -0.0248. The van der Waals surface area contributed by atoms with E-state index in [1.165, 1.54) is 11.8 Å². The van der Waals surface area contributed by atoms with Crippen molar-refractivity contribution in [1.82, 2.24) is 5.32 Å². The lowest BCUT2D eigenvalue weighted by Crippen LogP contribution is -2.24. The van der Waals surface area contributed by atoms with Gasteiger partial charge in [-0.25, -0.2) is 0 Å². The predicted octanol–water partition coefficient (Wildman–Crippen LogP) is 2.58. The largest absolute Gasteiger partial charge is 0.467 e. The van der Waals surface area contributed by atoms with Gasteiger partial charge in [0.2, 0.25) is 5.91 Å². The average molecular weight is 276 g/mol. The summed E-state index contributed by atoms with van der Waals surface area (Å²) in [5.41, 5.74) is 7.57. The summed E-state index contributed by atoms with van der Waals surface area (Å²) >= 11 is 1.48. The van der Waals surface area contributed by atoms with E-state index in [2.05, 4.69) is 5.32 Å². The lowest BCUT2D eigenvalue weighted by atomic mass is 10.2. The molecule has 0 aliphatic rings. The van der Waals surface area contributed by atoms with Crippen LogP contribution >= 0.6 is 11.8 Å². The topological polar surface area (TPSA) is 68.3 Å². The zero-order chi connectivity index (χ0) is 13.7. The van der Waals surface area contributed by atoms with Crippen molar-refractivity contribution in [2.24, 2.45) is 0 Å². The first-order valence-electron chi connectivity index (χ1n) is 5.93. The van der Waals surface area contributed by atoms with Gasteiger partial charge in [-0.15, -0.1) is 11.8 Å². The SMILES string of the molecule is Cc1ccc(N)cc1SCC(=O)NCc1ccco1. The third-order valence-electron chi connectivity index (χ3n) is 2.61. The van der Waals surface area contributed by atoms with E-state index in [1.54, 1.807) is 12.3 Å². The Hall–Kier alpha value is -1.88. The smallest absolute Gasteiger partial charge is 0.230 e. The van der Waals surface area contributed by atoms with Crippen molar-refractivity contribution in [2.75, 3.05) is 11.5 Å². The summed E-state index contributed by atoms with van der Waals surface area (Å²) < 4.78 is 5.14. The molecule has 0 aliphatic carbocycles. The molecule has 0 fully saturated rings. The Morgan fingerprint density at radius 2 is 2.26 bits per heavy atom. The third-order valence-corrected chi connectivity index (χ3v) is 3.77. The molecule has 0 saturated carbocycles. The lowest BCUT2D eigenvalue weighted by Gasteiger charge is -2.07. The number of thioether (sulfide) groups is 1. The molecular formula is C14H16N2O2S. The molecule has 19 heavy (non-hydrogen) atoms. The van der Waals surface area contributed by atoms with Crippen LogP contribution in [0.25, 0.3) is 0 Å². The molecule has 1 aromatic carbocycles. The van der Waals surface area contributed by atoms with Crippen LogP contribution in [0.15, 0.2) is 45.9 Å². The minimum absolute atomic E-state index is 0.0248. The van der Waals surface area contributed by atoms with E-state index in [-0.39, 0.29) is 5.91 Å². The number of benzene rings is 1. The first-order valence-corrected chi connectivity index (χ1v) is 6.92. The summed E-state index contributed by atoms with van der Waals surface area (Å²) in [6.45, 7) is 2.42. The highest BCUT2D eigenvalue weighted by atomic mass is 32.2. The summed E-state index contributed by atoms with van der Waals surface area (Å²) in [6.07, 6.45) is 1.59. The average Bonchev–Trinajstić information content (AvgIpc) is 2.90. The molecule has 0 spiro atoms. The van der Waals surface area contributed by atoms with E-state index < -0.39 is 0 Å². The van der Waals surface area contributed by atoms with E-state index in [0.29, 0.717) is 18.0 Å². The number of carbonyl (C=O) groups excluding carboxylic acids is 1. The highest BCUT2D eigenvalue weighted by Crippen LogP contribution is 2.24. The molecule has 0 saturated heterocycles. The number of furan rings is 1. The summed E-state index contributed by atoms with van der Waals surface area (Å²) in [6, 6.07) is 9.33. The molecule has 0 bridgehead atoms. The molecule has 100 valence electrons. The number of nitrogens with one attached hydrogen (secondary N) is 1. The van der Waals surface area contributed by atoms with Gasteiger partial charge in [0.05, 0.1) is 18.6 Å². The Balaban J connectivity index is 1.81. The number of nitrogen functional groups attached to an aromatic ring is 1. The molecule has 0 unspecified atom stereocenters. The molecule has 1 amide bonds. The van der Waals surface area contributed by atoms with Gasteiger partial charge in [0.25, 0.3) is 0 Å². The molecule has 1 heterocycles. The highest BCUT2D eigenvalue weighted by molar-refractivity contribution is 8.00. The number of anilines is 1. The first-order chi connectivity index (χ1) is 9.15. The Morgan fingerprint density at radius 3 is 3.00 bits per heavy atom. The zero-order valence-corrected chi connectivity index (χ0v) is 11.5. The van der Waals surface area contributed by atoms with Crippen LogP contribution < -0.4 is 11.1 Å². The molecule has 2 aromatic rings. The van der Waals surface area contributed by atoms with Crippen molar-refractivity contribution in [2.45, 2.75) is 18.4 Å². The maximum atomic E-state index is 11.7. The number of rotatable bonds is 5. The van der Waals surface area contributed by atoms with Gasteiger partial charge in [0.15, 0.2) is 0 Å². The molecule has 1 aromatic heterocycles. The molecular weight excluding hydrogens is 260 g/mol. The van der Waals surface area contributed by atoms with Gasteiger partial charge in [-0.05, 0) is 36.8 Å². The van der Waals surface area contributed by atoms with Crippen LogP contribution in [-0.2, 0) is 11.3 Å². The minimum Gasteiger partial charge on any atom is -0.467 e. The molecule has 2 rings (SSSR count). The molecule has 0 radical (unpaired) electrons. The monoisotopic (exact) mass is 276 g/mol. The summed E-state index contributed by atoms with van der Waals surface area (Å²) in [5, 5.41) is 2.80. The van der Waals surface area contributed by atoms with E-state index in [1.807, 2.05) is 31.2 Å². The van der Waals surface area contributed by atoms with Crippen LogP contribution in [0.5, 0.6) is 0 Å². The summed E-state index contributed by atoms with van der Waals surface area (Å²) in [4.78, 5) is 12.7. The van der Waals surface area contributed by atoms with Gasteiger partial charge in [-0.3, -0.25) is 4.79 Å². The van der Waals surface area contributed by atoms with Crippen molar-refractivity contribution in [3.63, 3.8) is 0 Å². The Morgan fingerprint density at radius 1 is 1.42 bits per heavy atom. The number of hydrogen-bond donors (Lipinski definition) is 2. The molecule has 0 atom stereocenters. The summed E-state index contributed by atoms with van der Waals surface area (Å²) in [5.74, 6) is 1.09. The standard InChI is InChI=1S/C14H16N2O2S/c1-10-4-5-11(15)7-13(10)19-9-14(17)16-8-12-3-2-6-18-12/h2-7H,8-9,15H2,1H3,(H,16,17). The van der Waals surface area contributed by atoms with Crippen LogP contribution in [0.4, 0.5) is 5.69 Å². The Bertz CT molecular complexity index is 553. The van der Waals surface area contributed by atoms with Crippen LogP contribution in [0.1, 0.15) is 11.3 Å². The number of carbonyl (C=O) groups is 1. The molecule has 3 N–H and O–H groups in total. The van der Waals surface area contributed by atoms with Crippen LogP contribution in [0.2, 0.25) is 0 Å². The van der Waals surface area contributed by atoms with Crippen LogP contribution in [0.3, 0.4) is 0 Å². The molecule has 4 nitrogen and oxygen atoms in total. The number of amides is 1. The molecule has 0 aliphatic heterocycles. The third kappa shape index (κ3) is 4.06.